The summed E-state index contributed by atoms with van der Waals surface area (Å²) in [7, 11) is 1.63. The standard InChI is InChI=1S/C27H23Cl2N3O3/c1-15-13-22(33)20(14-21(15)29)24-23-25(31-30-24)27(34)32(26(23)17-5-7-18(28)8-6-17)12-11-16-3-9-19(35-2)10-4-16/h3-10,13-14,26,33H,11-12H2,1-2H3,(H,30,31)/t26-/m0/s1. The number of rotatable bonds is 6. The summed E-state index contributed by atoms with van der Waals surface area (Å²) in [6, 6.07) is 18.1. The molecule has 0 radical (unpaired) electrons. The zero-order chi connectivity index (χ0) is 24.7. The van der Waals surface area contributed by atoms with Gasteiger partial charge in [-0.3, -0.25) is 9.89 Å². The van der Waals surface area contributed by atoms with E-state index in [0.717, 1.165) is 22.4 Å². The predicted molar refractivity (Wildman–Crippen MR) is 136 cm³/mol. The Morgan fingerprint density at radius 2 is 1.80 bits per heavy atom. The number of methoxy groups -OCH3 is 1. The summed E-state index contributed by atoms with van der Waals surface area (Å²) in [6.07, 6.45) is 0.661. The summed E-state index contributed by atoms with van der Waals surface area (Å²) in [6.45, 7) is 2.31. The third-order valence-corrected chi connectivity index (χ3v) is 7.04. The first-order valence-electron chi connectivity index (χ1n) is 11.1. The molecule has 178 valence electrons. The Morgan fingerprint density at radius 1 is 1.09 bits per heavy atom. The molecule has 8 heteroatoms. The number of phenols is 1. The number of amides is 1. The van der Waals surface area contributed by atoms with Crippen molar-refractivity contribution >= 4 is 29.1 Å². The second kappa shape index (κ2) is 9.29. The van der Waals surface area contributed by atoms with Gasteiger partial charge >= 0.3 is 0 Å². The molecule has 1 aliphatic rings. The molecule has 0 aliphatic carbocycles. The van der Waals surface area contributed by atoms with E-state index in [2.05, 4.69) is 10.2 Å². The minimum atomic E-state index is -0.402. The van der Waals surface area contributed by atoms with Gasteiger partial charge in [0.2, 0.25) is 0 Å². The molecule has 0 spiro atoms. The van der Waals surface area contributed by atoms with Crippen LogP contribution in [0.5, 0.6) is 11.5 Å². The molecule has 1 atom stereocenters. The maximum absolute atomic E-state index is 13.5. The Kier molecular flexibility index (Phi) is 6.17. The number of benzene rings is 3. The Labute approximate surface area is 213 Å². The fraction of sp³-hybridized carbons (Fsp3) is 0.185. The second-order valence-corrected chi connectivity index (χ2v) is 9.37. The number of hydrogen-bond donors (Lipinski definition) is 2. The van der Waals surface area contributed by atoms with Crippen LogP contribution in [0.1, 0.15) is 38.8 Å². The number of aryl methyl sites for hydroxylation is 1. The number of phenolic OH excluding ortho intramolecular Hbond substituents is 1. The van der Waals surface area contributed by atoms with Gasteiger partial charge in [0.1, 0.15) is 22.9 Å². The summed E-state index contributed by atoms with van der Waals surface area (Å²) in [4.78, 5) is 15.4. The third-order valence-electron chi connectivity index (χ3n) is 6.38. The van der Waals surface area contributed by atoms with Crippen molar-refractivity contribution in [3.8, 4) is 22.8 Å². The van der Waals surface area contributed by atoms with E-state index < -0.39 is 6.04 Å². The highest BCUT2D eigenvalue weighted by atomic mass is 35.5. The van der Waals surface area contributed by atoms with E-state index in [1.165, 1.54) is 0 Å². The monoisotopic (exact) mass is 507 g/mol. The highest BCUT2D eigenvalue weighted by Crippen LogP contribution is 2.45. The van der Waals surface area contributed by atoms with Crippen molar-refractivity contribution in [1.29, 1.82) is 0 Å². The van der Waals surface area contributed by atoms with Crippen molar-refractivity contribution in [2.45, 2.75) is 19.4 Å². The first kappa shape index (κ1) is 23.3. The minimum absolute atomic E-state index is 0.0557. The molecule has 0 unspecified atom stereocenters. The molecular formula is C27H23Cl2N3O3. The van der Waals surface area contributed by atoms with Crippen molar-refractivity contribution in [3.63, 3.8) is 0 Å². The van der Waals surface area contributed by atoms with Crippen LogP contribution < -0.4 is 4.74 Å². The second-order valence-electron chi connectivity index (χ2n) is 8.53. The molecule has 0 bridgehead atoms. The Bertz CT molecular complexity index is 1400. The van der Waals surface area contributed by atoms with Gasteiger partial charge in [-0.1, -0.05) is 47.5 Å². The van der Waals surface area contributed by atoms with Crippen molar-refractivity contribution in [2.75, 3.05) is 13.7 Å². The Morgan fingerprint density at radius 3 is 2.49 bits per heavy atom. The van der Waals surface area contributed by atoms with Crippen molar-refractivity contribution < 1.29 is 14.6 Å². The summed E-state index contributed by atoms with van der Waals surface area (Å²) in [5, 5.41) is 19.2. The first-order chi connectivity index (χ1) is 16.9. The van der Waals surface area contributed by atoms with Gasteiger partial charge in [0.25, 0.3) is 5.91 Å². The maximum Gasteiger partial charge on any atom is 0.273 e. The van der Waals surface area contributed by atoms with Crippen molar-refractivity contribution in [2.24, 2.45) is 0 Å². The van der Waals surface area contributed by atoms with Gasteiger partial charge < -0.3 is 14.7 Å². The quantitative estimate of drug-likeness (QED) is 0.325. The maximum atomic E-state index is 13.5. The molecule has 2 N–H and O–H groups in total. The summed E-state index contributed by atoms with van der Waals surface area (Å²) < 4.78 is 5.24. The van der Waals surface area contributed by atoms with Gasteiger partial charge in [-0.2, -0.15) is 5.10 Å². The molecule has 1 aromatic heterocycles. The highest BCUT2D eigenvalue weighted by molar-refractivity contribution is 6.31. The van der Waals surface area contributed by atoms with Crippen molar-refractivity contribution in [1.82, 2.24) is 15.1 Å². The molecule has 0 saturated heterocycles. The lowest BCUT2D eigenvalue weighted by atomic mass is 9.95. The van der Waals surface area contributed by atoms with Gasteiger partial charge in [0.05, 0.1) is 13.2 Å². The van der Waals surface area contributed by atoms with Gasteiger partial charge in [-0.25, -0.2) is 0 Å². The number of ether oxygens (including phenoxy) is 1. The largest absolute Gasteiger partial charge is 0.507 e. The number of aromatic amines is 1. The minimum Gasteiger partial charge on any atom is -0.507 e. The SMILES string of the molecule is COc1ccc(CCN2C(=O)c3[nH]nc(-c4cc(Cl)c(C)cc4O)c3[C@@H]2c2ccc(Cl)cc2)cc1. The number of fused-ring (bicyclic) bond motifs is 1. The number of halogens is 2. The first-order valence-corrected chi connectivity index (χ1v) is 11.9. The number of carbonyl (C=O) groups excluding carboxylic acids is 1. The zero-order valence-electron chi connectivity index (χ0n) is 19.2. The van der Waals surface area contributed by atoms with E-state index in [1.54, 1.807) is 31.4 Å². The van der Waals surface area contributed by atoms with E-state index in [-0.39, 0.29) is 11.7 Å². The van der Waals surface area contributed by atoms with Gasteiger partial charge in [-0.15, -0.1) is 0 Å². The number of aromatic nitrogens is 2. The van der Waals surface area contributed by atoms with Crippen LogP contribution in [-0.2, 0) is 6.42 Å². The average molecular weight is 508 g/mol. The lowest BCUT2D eigenvalue weighted by molar-refractivity contribution is 0.0746. The molecule has 1 aliphatic heterocycles. The summed E-state index contributed by atoms with van der Waals surface area (Å²) in [5.41, 5.74) is 4.84. The number of hydrogen-bond acceptors (Lipinski definition) is 4. The molecule has 35 heavy (non-hydrogen) atoms. The number of nitrogens with zero attached hydrogens (tertiary/aromatic N) is 2. The fourth-order valence-corrected chi connectivity index (χ4v) is 4.81. The smallest absolute Gasteiger partial charge is 0.273 e. The summed E-state index contributed by atoms with van der Waals surface area (Å²) >= 11 is 12.5. The van der Waals surface area contributed by atoms with Crippen molar-refractivity contribution in [3.05, 3.63) is 98.7 Å². The van der Waals surface area contributed by atoms with Gasteiger partial charge in [0, 0.05) is 27.7 Å². The average Bonchev–Trinajstić information content (AvgIpc) is 3.40. The molecule has 2 heterocycles. The number of aromatic hydroxyl groups is 1. The van der Waals surface area contributed by atoms with Crippen LogP contribution in [0, 0.1) is 6.92 Å². The number of carbonyl (C=O) groups is 1. The lowest BCUT2D eigenvalue weighted by Gasteiger charge is -2.26. The molecule has 6 nitrogen and oxygen atoms in total. The third kappa shape index (κ3) is 4.24. The van der Waals surface area contributed by atoms with Crippen LogP contribution >= 0.6 is 23.2 Å². The van der Waals surface area contributed by atoms with E-state index in [9.17, 15) is 9.90 Å². The molecule has 0 fully saturated rings. The Balaban J connectivity index is 1.57. The topological polar surface area (TPSA) is 78.5 Å². The van der Waals surface area contributed by atoms with Crippen LogP contribution in [0.4, 0.5) is 0 Å². The predicted octanol–water partition coefficient (Wildman–Crippen LogP) is 6.19. The Hall–Kier alpha value is -3.48. The molecule has 1 amide bonds. The van der Waals surface area contributed by atoms with Gasteiger partial charge in [-0.05, 0) is 66.4 Å². The van der Waals surface area contributed by atoms with Crippen LogP contribution in [0.2, 0.25) is 10.0 Å². The van der Waals surface area contributed by atoms with Crippen LogP contribution in [0.15, 0.2) is 60.7 Å². The normalized spacial score (nSPS) is 14.9. The lowest BCUT2D eigenvalue weighted by Crippen LogP contribution is -2.31. The zero-order valence-corrected chi connectivity index (χ0v) is 20.7. The fourth-order valence-electron chi connectivity index (χ4n) is 4.52. The van der Waals surface area contributed by atoms with Crippen LogP contribution in [0.3, 0.4) is 0 Å². The van der Waals surface area contributed by atoms with E-state index in [0.29, 0.717) is 45.5 Å². The van der Waals surface area contributed by atoms with E-state index in [1.807, 2.05) is 48.2 Å². The molecule has 0 saturated carbocycles. The van der Waals surface area contributed by atoms with Gasteiger partial charge in [0.15, 0.2) is 0 Å². The highest BCUT2D eigenvalue weighted by Gasteiger charge is 2.42. The van der Waals surface area contributed by atoms with E-state index in [4.69, 9.17) is 27.9 Å². The van der Waals surface area contributed by atoms with E-state index >= 15 is 0 Å². The van der Waals surface area contributed by atoms with Crippen LogP contribution in [0.25, 0.3) is 11.3 Å². The molecule has 3 aromatic carbocycles. The number of nitrogens with one attached hydrogen (secondary N) is 1. The molecular weight excluding hydrogens is 485 g/mol. The summed E-state index contributed by atoms with van der Waals surface area (Å²) in [5.74, 6) is 0.692. The molecule has 5 rings (SSSR count). The number of H-pyrrole nitrogens is 1. The molecule has 4 aromatic rings. The van der Waals surface area contributed by atoms with Crippen LogP contribution in [-0.4, -0.2) is 39.8 Å².